The maximum Gasteiger partial charge on any atom is 0.243 e. The maximum absolute atomic E-state index is 11.6. The number of fused-ring (bicyclic) bond motifs is 1. The van der Waals surface area contributed by atoms with Crippen LogP contribution < -0.4 is 5.73 Å². The quantitative estimate of drug-likeness (QED) is 0.878. The summed E-state index contributed by atoms with van der Waals surface area (Å²) in [6, 6.07) is 1.67. The molecule has 2 rings (SSSR count). The molecule has 1 amide bonds. The number of alkyl halides is 1. The van der Waals surface area contributed by atoms with Crippen molar-refractivity contribution in [1.29, 1.82) is 0 Å². The van der Waals surface area contributed by atoms with E-state index in [0.29, 0.717) is 22.0 Å². The van der Waals surface area contributed by atoms with E-state index in [0.717, 1.165) is 0 Å². The SMILES string of the molecule is CC(C)(C(N)=O)n1c(CCl)nc2cc(Cl)cnc21. The summed E-state index contributed by atoms with van der Waals surface area (Å²) in [6.45, 7) is 3.39. The fraction of sp³-hybridized carbons (Fsp3) is 0.364. The molecule has 0 atom stereocenters. The Morgan fingerprint density at radius 1 is 1.56 bits per heavy atom. The van der Waals surface area contributed by atoms with Crippen molar-refractivity contribution in [2.24, 2.45) is 5.73 Å². The van der Waals surface area contributed by atoms with Crippen LogP contribution in [-0.2, 0) is 16.2 Å². The first-order chi connectivity index (χ1) is 8.37. The number of carbonyl (C=O) groups excluding carboxylic acids is 1. The van der Waals surface area contributed by atoms with E-state index in [-0.39, 0.29) is 5.88 Å². The zero-order chi connectivity index (χ0) is 13.5. The molecular weight excluding hydrogens is 275 g/mol. The predicted molar refractivity (Wildman–Crippen MR) is 70.6 cm³/mol. The standard InChI is InChI=1S/C11H12Cl2N4O/c1-11(2,10(14)18)17-8(4-12)16-7-3-6(13)5-15-9(7)17/h3,5H,4H2,1-2H3,(H2,14,18). The number of pyridine rings is 1. The number of halogens is 2. The molecular formula is C11H12Cl2N4O. The molecule has 2 N–H and O–H groups in total. The summed E-state index contributed by atoms with van der Waals surface area (Å²) in [5.74, 6) is 0.208. The fourth-order valence-electron chi connectivity index (χ4n) is 1.77. The van der Waals surface area contributed by atoms with Crippen LogP contribution in [0.1, 0.15) is 19.7 Å². The Morgan fingerprint density at radius 2 is 2.22 bits per heavy atom. The largest absolute Gasteiger partial charge is 0.368 e. The summed E-state index contributed by atoms with van der Waals surface area (Å²) in [6.07, 6.45) is 1.50. The highest BCUT2D eigenvalue weighted by Gasteiger charge is 2.32. The van der Waals surface area contributed by atoms with Gasteiger partial charge < -0.3 is 5.73 Å². The number of carbonyl (C=O) groups is 1. The van der Waals surface area contributed by atoms with E-state index in [1.54, 1.807) is 24.5 Å². The third kappa shape index (κ3) is 1.93. The highest BCUT2D eigenvalue weighted by Crippen LogP contribution is 2.26. The second-order valence-corrected chi connectivity index (χ2v) is 5.12. The molecule has 0 bridgehead atoms. The summed E-state index contributed by atoms with van der Waals surface area (Å²) >= 11 is 11.7. The van der Waals surface area contributed by atoms with Crippen molar-refractivity contribution in [3.8, 4) is 0 Å². The topological polar surface area (TPSA) is 73.8 Å². The van der Waals surface area contributed by atoms with Gasteiger partial charge in [-0.3, -0.25) is 9.36 Å². The number of primary amides is 1. The van der Waals surface area contributed by atoms with Crippen molar-refractivity contribution in [3.05, 3.63) is 23.1 Å². The molecule has 0 unspecified atom stereocenters. The number of rotatable bonds is 3. The van der Waals surface area contributed by atoms with Crippen molar-refractivity contribution in [1.82, 2.24) is 14.5 Å². The van der Waals surface area contributed by atoms with Gasteiger partial charge in [-0.15, -0.1) is 11.6 Å². The van der Waals surface area contributed by atoms with E-state index >= 15 is 0 Å². The van der Waals surface area contributed by atoms with Gasteiger partial charge in [0.1, 0.15) is 16.9 Å². The average molecular weight is 287 g/mol. The summed E-state index contributed by atoms with van der Waals surface area (Å²) < 4.78 is 1.65. The van der Waals surface area contributed by atoms with Crippen molar-refractivity contribution in [3.63, 3.8) is 0 Å². The summed E-state index contributed by atoms with van der Waals surface area (Å²) in [5, 5.41) is 0.477. The van der Waals surface area contributed by atoms with E-state index in [9.17, 15) is 4.79 Å². The number of hydrogen-bond donors (Lipinski definition) is 1. The van der Waals surface area contributed by atoms with Gasteiger partial charge in [-0.2, -0.15) is 0 Å². The van der Waals surface area contributed by atoms with Gasteiger partial charge in [0, 0.05) is 6.20 Å². The molecule has 0 aliphatic rings. The molecule has 18 heavy (non-hydrogen) atoms. The molecule has 0 fully saturated rings. The highest BCUT2D eigenvalue weighted by atomic mass is 35.5. The molecule has 0 saturated heterocycles. The first kappa shape index (κ1) is 13.1. The molecule has 2 aromatic heterocycles. The molecule has 2 aromatic rings. The Kier molecular flexibility index (Phi) is 3.21. The Morgan fingerprint density at radius 3 is 2.78 bits per heavy atom. The Bertz CT molecular complexity index is 621. The van der Waals surface area contributed by atoms with E-state index < -0.39 is 11.4 Å². The Balaban J connectivity index is 2.79. The second-order valence-electron chi connectivity index (χ2n) is 4.42. The number of imidazole rings is 1. The molecule has 7 heteroatoms. The number of nitrogens with two attached hydrogens (primary N) is 1. The first-order valence-corrected chi connectivity index (χ1v) is 6.18. The Hall–Kier alpha value is -1.33. The summed E-state index contributed by atoms with van der Waals surface area (Å²) in [4.78, 5) is 20.1. The van der Waals surface area contributed by atoms with Gasteiger partial charge in [0.15, 0.2) is 5.65 Å². The van der Waals surface area contributed by atoms with Crippen LogP contribution in [0.15, 0.2) is 12.3 Å². The third-order valence-electron chi connectivity index (χ3n) is 2.81. The van der Waals surface area contributed by atoms with E-state index in [1.165, 1.54) is 6.20 Å². The monoisotopic (exact) mass is 286 g/mol. The third-order valence-corrected chi connectivity index (χ3v) is 3.26. The van der Waals surface area contributed by atoms with Gasteiger partial charge >= 0.3 is 0 Å². The molecule has 0 aliphatic heterocycles. The lowest BCUT2D eigenvalue weighted by Crippen LogP contribution is -2.42. The van der Waals surface area contributed by atoms with Crippen LogP contribution >= 0.6 is 23.2 Å². The van der Waals surface area contributed by atoms with Crippen LogP contribution in [0.4, 0.5) is 0 Å². The van der Waals surface area contributed by atoms with E-state index in [1.807, 2.05) is 0 Å². The smallest absolute Gasteiger partial charge is 0.243 e. The van der Waals surface area contributed by atoms with Crippen molar-refractivity contribution < 1.29 is 4.79 Å². The van der Waals surface area contributed by atoms with E-state index in [2.05, 4.69) is 9.97 Å². The van der Waals surface area contributed by atoms with Crippen LogP contribution in [0, 0.1) is 0 Å². The van der Waals surface area contributed by atoms with Gasteiger partial charge in [0.2, 0.25) is 5.91 Å². The summed E-state index contributed by atoms with van der Waals surface area (Å²) in [5.41, 5.74) is 5.59. The second kappa shape index (κ2) is 4.40. The first-order valence-electron chi connectivity index (χ1n) is 5.27. The lowest BCUT2D eigenvalue weighted by Gasteiger charge is -2.24. The normalized spacial score (nSPS) is 12.0. The van der Waals surface area contributed by atoms with Crippen LogP contribution in [-0.4, -0.2) is 20.4 Å². The summed E-state index contributed by atoms with van der Waals surface area (Å²) in [7, 11) is 0. The van der Waals surface area contributed by atoms with E-state index in [4.69, 9.17) is 28.9 Å². The Labute approximate surface area is 114 Å². The number of amides is 1. The van der Waals surface area contributed by atoms with Gasteiger partial charge in [-0.1, -0.05) is 11.6 Å². The molecule has 0 aliphatic carbocycles. The zero-order valence-corrected chi connectivity index (χ0v) is 11.5. The fourth-order valence-corrected chi connectivity index (χ4v) is 2.11. The molecule has 5 nitrogen and oxygen atoms in total. The molecule has 2 heterocycles. The van der Waals surface area contributed by atoms with Crippen molar-refractivity contribution in [2.45, 2.75) is 25.3 Å². The molecule has 0 radical (unpaired) electrons. The number of hydrogen-bond acceptors (Lipinski definition) is 3. The molecule has 96 valence electrons. The molecule has 0 saturated carbocycles. The van der Waals surface area contributed by atoms with Gasteiger partial charge in [-0.05, 0) is 19.9 Å². The maximum atomic E-state index is 11.6. The van der Waals surface area contributed by atoms with Gasteiger partial charge in [-0.25, -0.2) is 9.97 Å². The van der Waals surface area contributed by atoms with Crippen LogP contribution in [0.25, 0.3) is 11.2 Å². The van der Waals surface area contributed by atoms with Crippen molar-refractivity contribution >= 4 is 40.3 Å². The average Bonchev–Trinajstić information content (AvgIpc) is 2.66. The number of aromatic nitrogens is 3. The molecule has 0 aromatic carbocycles. The molecule has 0 spiro atoms. The van der Waals surface area contributed by atoms with Crippen molar-refractivity contribution in [2.75, 3.05) is 0 Å². The predicted octanol–water partition coefficient (Wildman–Crippen LogP) is 2.04. The van der Waals surface area contributed by atoms with Crippen LogP contribution in [0.3, 0.4) is 0 Å². The lowest BCUT2D eigenvalue weighted by molar-refractivity contribution is -0.125. The number of nitrogens with zero attached hydrogens (tertiary/aromatic N) is 3. The lowest BCUT2D eigenvalue weighted by atomic mass is 10.0. The minimum absolute atomic E-state index is 0.157. The van der Waals surface area contributed by atoms with Crippen LogP contribution in [0.2, 0.25) is 5.02 Å². The zero-order valence-electron chi connectivity index (χ0n) is 9.94. The minimum Gasteiger partial charge on any atom is -0.368 e. The van der Waals surface area contributed by atoms with Crippen LogP contribution in [0.5, 0.6) is 0 Å². The van der Waals surface area contributed by atoms with Gasteiger partial charge in [0.25, 0.3) is 0 Å². The highest BCUT2D eigenvalue weighted by molar-refractivity contribution is 6.31. The minimum atomic E-state index is -0.959. The van der Waals surface area contributed by atoms with Gasteiger partial charge in [0.05, 0.1) is 10.9 Å².